The zero-order chi connectivity index (χ0) is 17.5. The van der Waals surface area contributed by atoms with Gasteiger partial charge in [0.15, 0.2) is 0 Å². The molecule has 6 heteroatoms. The molecule has 0 amide bonds. The second-order valence-electron chi connectivity index (χ2n) is 7.51. The maximum absolute atomic E-state index is 12.3. The van der Waals surface area contributed by atoms with Crippen LogP contribution in [-0.2, 0) is 19.0 Å². The summed E-state index contributed by atoms with van der Waals surface area (Å²) < 4.78 is 18.2. The Bertz CT molecular complexity index is 387. The van der Waals surface area contributed by atoms with Crippen LogP contribution in [-0.4, -0.2) is 43.0 Å². The minimum absolute atomic E-state index is 0.0510. The Morgan fingerprint density at radius 1 is 1.21 bits per heavy atom. The summed E-state index contributed by atoms with van der Waals surface area (Å²) in [7, 11) is 0. The second kappa shape index (κ2) is 9.95. The van der Waals surface area contributed by atoms with Crippen LogP contribution in [0.1, 0.15) is 65.7 Å². The molecule has 4 atom stereocenters. The first-order chi connectivity index (χ1) is 11.5. The standard InChI is InChI=1S/C18H32ClNO4/c1-12(2)11-22-16-10-6-9-15(20-19)18(21)23-13(3)17(16)24-14-7-4-5-8-14/h12-17,20H,4-11H2,1-3H3/t13-,15-,16-,17-/m0/s1. The molecule has 1 saturated carbocycles. The Balaban J connectivity index is 2.10. The Hall–Kier alpha value is -0.360. The van der Waals surface area contributed by atoms with Crippen molar-refractivity contribution in [3.8, 4) is 0 Å². The summed E-state index contributed by atoms with van der Waals surface area (Å²) in [6.45, 7) is 6.87. The molecular weight excluding hydrogens is 330 g/mol. The molecule has 2 fully saturated rings. The van der Waals surface area contributed by atoms with E-state index in [0.29, 0.717) is 18.9 Å². The van der Waals surface area contributed by atoms with Crippen molar-refractivity contribution in [1.29, 1.82) is 0 Å². The van der Waals surface area contributed by atoms with E-state index in [0.717, 1.165) is 25.7 Å². The topological polar surface area (TPSA) is 56.8 Å². The monoisotopic (exact) mass is 361 g/mol. The number of rotatable bonds is 6. The second-order valence-corrected chi connectivity index (χ2v) is 7.73. The largest absolute Gasteiger partial charge is 0.459 e. The highest BCUT2D eigenvalue weighted by atomic mass is 35.5. The first-order valence-electron chi connectivity index (χ1n) is 9.35. The maximum atomic E-state index is 12.3. The molecule has 0 aromatic heterocycles. The van der Waals surface area contributed by atoms with Gasteiger partial charge >= 0.3 is 5.97 Å². The summed E-state index contributed by atoms with van der Waals surface area (Å²) in [6, 6.07) is -0.468. The molecule has 0 bridgehead atoms. The van der Waals surface area contributed by atoms with Gasteiger partial charge in [-0.25, -0.2) is 4.84 Å². The molecule has 1 aliphatic heterocycles. The fraction of sp³-hybridized carbons (Fsp3) is 0.944. The molecule has 0 unspecified atom stereocenters. The molecule has 2 rings (SSSR count). The highest BCUT2D eigenvalue weighted by Gasteiger charge is 2.36. The van der Waals surface area contributed by atoms with Crippen LogP contribution in [0.25, 0.3) is 0 Å². The van der Waals surface area contributed by atoms with Crippen molar-refractivity contribution in [1.82, 2.24) is 4.84 Å². The zero-order valence-corrected chi connectivity index (χ0v) is 15.9. The van der Waals surface area contributed by atoms with E-state index in [4.69, 9.17) is 26.0 Å². The molecule has 5 nitrogen and oxygen atoms in total. The van der Waals surface area contributed by atoms with E-state index < -0.39 is 6.04 Å². The number of cyclic esters (lactones) is 1. The first-order valence-corrected chi connectivity index (χ1v) is 9.72. The van der Waals surface area contributed by atoms with E-state index in [-0.39, 0.29) is 30.4 Å². The van der Waals surface area contributed by atoms with Gasteiger partial charge in [-0.3, -0.25) is 4.79 Å². The van der Waals surface area contributed by atoms with Gasteiger partial charge in [-0.2, -0.15) is 0 Å². The van der Waals surface area contributed by atoms with Crippen molar-refractivity contribution in [3.05, 3.63) is 0 Å². The Kier molecular flexibility index (Phi) is 8.28. The Morgan fingerprint density at radius 3 is 2.54 bits per heavy atom. The number of halogens is 1. The van der Waals surface area contributed by atoms with Crippen LogP contribution in [0.2, 0.25) is 0 Å². The predicted octanol–water partition coefficient (Wildman–Crippen LogP) is 3.58. The summed E-state index contributed by atoms with van der Waals surface area (Å²) in [5.74, 6) is 0.155. The summed E-state index contributed by atoms with van der Waals surface area (Å²) in [4.78, 5) is 14.8. The SMILES string of the molecule is CC(C)CO[C@H]1CCC[C@H](NCl)C(=O)O[C@@H](C)[C@@H]1OC1CCCC1. The highest BCUT2D eigenvalue weighted by Crippen LogP contribution is 2.28. The number of carbonyl (C=O) groups excluding carboxylic acids is 1. The number of nitrogens with one attached hydrogen (secondary N) is 1. The summed E-state index contributed by atoms with van der Waals surface area (Å²) in [5.41, 5.74) is 0. The lowest BCUT2D eigenvalue weighted by molar-refractivity contribution is -0.175. The molecule has 1 heterocycles. The van der Waals surface area contributed by atoms with E-state index in [2.05, 4.69) is 18.7 Å². The summed E-state index contributed by atoms with van der Waals surface area (Å²) in [5, 5.41) is 0. The number of hydrogen-bond acceptors (Lipinski definition) is 5. The van der Waals surface area contributed by atoms with Crippen LogP contribution in [0.4, 0.5) is 0 Å². The van der Waals surface area contributed by atoms with E-state index >= 15 is 0 Å². The minimum Gasteiger partial charge on any atom is -0.459 e. The molecule has 1 saturated heterocycles. The van der Waals surface area contributed by atoms with Crippen LogP contribution in [0, 0.1) is 5.92 Å². The highest BCUT2D eigenvalue weighted by molar-refractivity contribution is 6.14. The van der Waals surface area contributed by atoms with Gasteiger partial charge in [0.25, 0.3) is 0 Å². The average molecular weight is 362 g/mol. The van der Waals surface area contributed by atoms with Crippen molar-refractivity contribution in [2.75, 3.05) is 6.61 Å². The van der Waals surface area contributed by atoms with Crippen LogP contribution in [0.3, 0.4) is 0 Å². The molecule has 0 aromatic rings. The number of hydrogen-bond donors (Lipinski definition) is 1. The van der Waals surface area contributed by atoms with Gasteiger partial charge in [0.05, 0.1) is 12.2 Å². The van der Waals surface area contributed by atoms with Crippen molar-refractivity contribution >= 4 is 17.7 Å². The van der Waals surface area contributed by atoms with Gasteiger partial charge in [-0.15, -0.1) is 0 Å². The van der Waals surface area contributed by atoms with Gasteiger partial charge in [0, 0.05) is 6.61 Å². The normalized spacial score (nSPS) is 33.1. The van der Waals surface area contributed by atoms with E-state index in [9.17, 15) is 4.79 Å². The molecule has 2 aliphatic rings. The van der Waals surface area contributed by atoms with Crippen LogP contribution in [0.15, 0.2) is 0 Å². The third-order valence-electron chi connectivity index (χ3n) is 4.82. The quantitative estimate of drug-likeness (QED) is 0.578. The van der Waals surface area contributed by atoms with Crippen molar-refractivity contribution in [3.63, 3.8) is 0 Å². The molecule has 1 N–H and O–H groups in total. The van der Waals surface area contributed by atoms with Crippen molar-refractivity contribution < 1.29 is 19.0 Å². The lowest BCUT2D eigenvalue weighted by Crippen LogP contribution is -2.45. The van der Waals surface area contributed by atoms with Crippen molar-refractivity contribution in [2.24, 2.45) is 5.92 Å². The molecule has 0 radical (unpaired) electrons. The Labute approximate surface area is 150 Å². The van der Waals surface area contributed by atoms with Gasteiger partial charge < -0.3 is 14.2 Å². The summed E-state index contributed by atoms with van der Waals surface area (Å²) >= 11 is 5.70. The third-order valence-corrected chi connectivity index (χ3v) is 5.09. The van der Waals surface area contributed by atoms with Gasteiger partial charge in [0.1, 0.15) is 18.2 Å². The maximum Gasteiger partial charge on any atom is 0.324 e. The molecule has 0 spiro atoms. The van der Waals surface area contributed by atoms with E-state index in [1.165, 1.54) is 12.8 Å². The van der Waals surface area contributed by atoms with Crippen LogP contribution >= 0.6 is 11.8 Å². The third kappa shape index (κ3) is 5.87. The fourth-order valence-electron chi connectivity index (χ4n) is 3.48. The predicted molar refractivity (Wildman–Crippen MR) is 93.9 cm³/mol. The minimum atomic E-state index is -0.468. The smallest absolute Gasteiger partial charge is 0.324 e. The summed E-state index contributed by atoms with van der Waals surface area (Å²) in [6.07, 6.45) is 6.56. The lowest BCUT2D eigenvalue weighted by atomic mass is 10.0. The van der Waals surface area contributed by atoms with Crippen LogP contribution < -0.4 is 4.84 Å². The molecule has 0 aromatic carbocycles. The van der Waals surface area contributed by atoms with Gasteiger partial charge in [0.2, 0.25) is 0 Å². The number of ether oxygens (including phenoxy) is 3. The zero-order valence-electron chi connectivity index (χ0n) is 15.1. The molecular formula is C18H32ClNO4. The first kappa shape index (κ1) is 20.0. The molecule has 1 aliphatic carbocycles. The Morgan fingerprint density at radius 2 is 1.92 bits per heavy atom. The molecule has 140 valence electrons. The number of carbonyl (C=O) groups is 1. The van der Waals surface area contributed by atoms with Crippen LogP contribution in [0.5, 0.6) is 0 Å². The number of esters is 1. The van der Waals surface area contributed by atoms with Gasteiger partial charge in [-0.05, 0) is 56.7 Å². The molecule has 24 heavy (non-hydrogen) atoms. The van der Waals surface area contributed by atoms with E-state index in [1.54, 1.807) is 0 Å². The lowest BCUT2D eigenvalue weighted by Gasteiger charge is -2.33. The van der Waals surface area contributed by atoms with E-state index in [1.807, 2.05) is 6.92 Å². The van der Waals surface area contributed by atoms with Gasteiger partial charge in [-0.1, -0.05) is 26.7 Å². The fourth-order valence-corrected chi connectivity index (χ4v) is 3.68. The average Bonchev–Trinajstić information content (AvgIpc) is 3.05. The van der Waals surface area contributed by atoms with Crippen molar-refractivity contribution in [2.45, 2.75) is 96.2 Å².